The summed E-state index contributed by atoms with van der Waals surface area (Å²) >= 11 is 0. The molecule has 1 unspecified atom stereocenters. The quantitative estimate of drug-likeness (QED) is 0.256. The molecule has 90 valence electrons. The predicted octanol–water partition coefficient (Wildman–Crippen LogP) is 0.916. The van der Waals surface area contributed by atoms with Gasteiger partial charge in [0.15, 0.2) is 0 Å². The van der Waals surface area contributed by atoms with Crippen molar-refractivity contribution in [2.75, 3.05) is 13.7 Å². The van der Waals surface area contributed by atoms with Crippen LogP contribution in [0.1, 0.15) is 33.6 Å². The highest BCUT2D eigenvalue weighted by Crippen LogP contribution is 2.08. The highest BCUT2D eigenvalue weighted by atomic mass is 16.5. The molecule has 0 aromatic heterocycles. The van der Waals surface area contributed by atoms with E-state index in [0.29, 0.717) is 13.0 Å². The predicted molar refractivity (Wildman–Crippen MR) is 61.2 cm³/mol. The summed E-state index contributed by atoms with van der Waals surface area (Å²) in [5.74, 6) is 0.252. The number of nitrogens with zero attached hydrogens (tertiary/aromatic N) is 1. The lowest BCUT2D eigenvalue weighted by Gasteiger charge is -2.30. The third-order valence-electron chi connectivity index (χ3n) is 2.18. The van der Waals surface area contributed by atoms with Crippen molar-refractivity contribution in [3.8, 4) is 0 Å². The Morgan fingerprint density at radius 3 is 2.60 bits per heavy atom. The van der Waals surface area contributed by atoms with Gasteiger partial charge in [-0.05, 0) is 20.3 Å². The minimum atomic E-state index is -0.106. The van der Waals surface area contributed by atoms with Gasteiger partial charge in [-0.25, -0.2) is 0 Å². The molecule has 0 bridgehead atoms. The largest absolute Gasteiger partial charge is 0.409 e. The van der Waals surface area contributed by atoms with Crippen molar-refractivity contribution >= 4 is 5.84 Å². The Bertz CT molecular complexity index is 205. The van der Waals surface area contributed by atoms with Gasteiger partial charge < -0.3 is 21.0 Å². The number of hydrogen-bond donors (Lipinski definition) is 3. The Labute approximate surface area is 91.7 Å². The zero-order valence-corrected chi connectivity index (χ0v) is 10.1. The fourth-order valence-electron chi connectivity index (χ4n) is 1.55. The van der Waals surface area contributed by atoms with Gasteiger partial charge >= 0.3 is 0 Å². The maximum atomic E-state index is 8.49. The number of amidine groups is 1. The first-order valence-corrected chi connectivity index (χ1v) is 5.18. The molecule has 0 aromatic rings. The smallest absolute Gasteiger partial charge is 0.140 e. The molecule has 0 fully saturated rings. The van der Waals surface area contributed by atoms with Gasteiger partial charge in [-0.2, -0.15) is 0 Å². The van der Waals surface area contributed by atoms with Crippen molar-refractivity contribution in [1.29, 1.82) is 0 Å². The SMILES string of the molecule is CCC(CC(N)=NO)NC(C)(C)COC. The summed E-state index contributed by atoms with van der Waals surface area (Å²) in [6, 6.07) is 0.200. The minimum absolute atomic E-state index is 0.106. The standard InChI is InChI=1S/C10H23N3O2/c1-5-8(6-9(11)13-14)12-10(2,3)7-15-4/h8,12,14H,5-7H2,1-4H3,(H2,11,13). The van der Waals surface area contributed by atoms with Crippen molar-refractivity contribution in [1.82, 2.24) is 5.32 Å². The summed E-state index contributed by atoms with van der Waals surface area (Å²) in [7, 11) is 1.67. The maximum Gasteiger partial charge on any atom is 0.140 e. The van der Waals surface area contributed by atoms with Crippen LogP contribution in [0.25, 0.3) is 0 Å². The third kappa shape index (κ3) is 6.30. The van der Waals surface area contributed by atoms with Gasteiger partial charge in [0.2, 0.25) is 0 Å². The van der Waals surface area contributed by atoms with E-state index in [1.807, 2.05) is 0 Å². The molecular formula is C10H23N3O2. The summed E-state index contributed by atoms with van der Waals surface area (Å²) in [6.07, 6.45) is 1.46. The lowest BCUT2D eigenvalue weighted by molar-refractivity contribution is 0.120. The van der Waals surface area contributed by atoms with Gasteiger partial charge in [0.25, 0.3) is 0 Å². The zero-order chi connectivity index (χ0) is 11.9. The fraction of sp³-hybridized carbons (Fsp3) is 0.900. The molecular weight excluding hydrogens is 194 g/mol. The van der Waals surface area contributed by atoms with Crippen molar-refractivity contribution in [2.24, 2.45) is 10.9 Å². The molecule has 0 aliphatic rings. The topological polar surface area (TPSA) is 79.9 Å². The van der Waals surface area contributed by atoms with Gasteiger partial charge in [0, 0.05) is 25.1 Å². The number of nitrogens with two attached hydrogens (primary N) is 1. The summed E-state index contributed by atoms with van der Waals surface area (Å²) < 4.78 is 5.11. The van der Waals surface area contributed by atoms with Crippen LogP contribution < -0.4 is 11.1 Å². The molecule has 0 saturated heterocycles. The molecule has 0 spiro atoms. The molecule has 0 radical (unpaired) electrons. The number of methoxy groups -OCH3 is 1. The van der Waals surface area contributed by atoms with E-state index in [-0.39, 0.29) is 17.4 Å². The van der Waals surface area contributed by atoms with Crippen molar-refractivity contribution < 1.29 is 9.94 Å². The second-order valence-electron chi connectivity index (χ2n) is 4.36. The Kier molecular flexibility index (Phi) is 6.27. The highest BCUT2D eigenvalue weighted by Gasteiger charge is 2.21. The monoisotopic (exact) mass is 217 g/mol. The second kappa shape index (κ2) is 6.63. The maximum absolute atomic E-state index is 8.49. The number of ether oxygens (including phenoxy) is 1. The second-order valence-corrected chi connectivity index (χ2v) is 4.36. The van der Waals surface area contributed by atoms with E-state index in [9.17, 15) is 0 Å². The van der Waals surface area contributed by atoms with E-state index in [0.717, 1.165) is 6.42 Å². The molecule has 0 amide bonds. The van der Waals surface area contributed by atoms with E-state index in [1.165, 1.54) is 0 Å². The highest BCUT2D eigenvalue weighted by molar-refractivity contribution is 5.80. The normalized spacial score (nSPS) is 15.3. The Hall–Kier alpha value is -0.810. The molecule has 5 heteroatoms. The van der Waals surface area contributed by atoms with Crippen molar-refractivity contribution in [3.05, 3.63) is 0 Å². The minimum Gasteiger partial charge on any atom is -0.409 e. The molecule has 4 N–H and O–H groups in total. The molecule has 1 atom stereocenters. The van der Waals surface area contributed by atoms with E-state index < -0.39 is 0 Å². The van der Waals surface area contributed by atoms with E-state index in [4.69, 9.17) is 15.7 Å². The lowest BCUT2D eigenvalue weighted by Crippen LogP contribution is -2.49. The first-order chi connectivity index (χ1) is 6.95. The van der Waals surface area contributed by atoms with Crippen LogP contribution in [0.3, 0.4) is 0 Å². The van der Waals surface area contributed by atoms with E-state index >= 15 is 0 Å². The Morgan fingerprint density at radius 1 is 1.60 bits per heavy atom. The first kappa shape index (κ1) is 14.2. The van der Waals surface area contributed by atoms with Crippen molar-refractivity contribution in [3.63, 3.8) is 0 Å². The van der Waals surface area contributed by atoms with Gasteiger partial charge in [-0.15, -0.1) is 0 Å². The Balaban J connectivity index is 4.20. The van der Waals surface area contributed by atoms with Crippen LogP contribution in [0.2, 0.25) is 0 Å². The number of oxime groups is 1. The van der Waals surface area contributed by atoms with Gasteiger partial charge in [0.05, 0.1) is 6.61 Å². The molecule has 0 aliphatic heterocycles. The molecule has 0 aromatic carbocycles. The van der Waals surface area contributed by atoms with Gasteiger partial charge in [-0.3, -0.25) is 0 Å². The zero-order valence-electron chi connectivity index (χ0n) is 10.1. The van der Waals surface area contributed by atoms with Crippen LogP contribution in [0.15, 0.2) is 5.16 Å². The lowest BCUT2D eigenvalue weighted by atomic mass is 10.0. The number of hydrogen-bond acceptors (Lipinski definition) is 4. The first-order valence-electron chi connectivity index (χ1n) is 5.18. The van der Waals surface area contributed by atoms with Crippen LogP contribution >= 0.6 is 0 Å². The van der Waals surface area contributed by atoms with Crippen molar-refractivity contribution in [2.45, 2.75) is 45.2 Å². The van der Waals surface area contributed by atoms with Gasteiger partial charge in [0.1, 0.15) is 5.84 Å². The van der Waals surface area contributed by atoms with E-state index in [1.54, 1.807) is 7.11 Å². The van der Waals surface area contributed by atoms with Crippen LogP contribution in [-0.4, -0.2) is 36.3 Å². The average molecular weight is 217 g/mol. The summed E-state index contributed by atoms with van der Waals surface area (Å²) in [5, 5.41) is 14.9. The molecule has 0 rings (SSSR count). The Morgan fingerprint density at radius 2 is 2.20 bits per heavy atom. The third-order valence-corrected chi connectivity index (χ3v) is 2.18. The van der Waals surface area contributed by atoms with Crippen LogP contribution in [-0.2, 0) is 4.74 Å². The number of rotatable bonds is 7. The molecule has 5 nitrogen and oxygen atoms in total. The molecule has 15 heavy (non-hydrogen) atoms. The molecule has 0 aliphatic carbocycles. The fourth-order valence-corrected chi connectivity index (χ4v) is 1.55. The molecule has 0 saturated carbocycles. The van der Waals surface area contributed by atoms with E-state index in [2.05, 4.69) is 31.2 Å². The van der Waals surface area contributed by atoms with Crippen LogP contribution in [0.4, 0.5) is 0 Å². The summed E-state index contributed by atoms with van der Waals surface area (Å²) in [4.78, 5) is 0. The average Bonchev–Trinajstić information content (AvgIpc) is 2.16. The summed E-state index contributed by atoms with van der Waals surface area (Å²) in [5.41, 5.74) is 5.37. The molecule has 0 heterocycles. The van der Waals surface area contributed by atoms with Gasteiger partial charge in [-0.1, -0.05) is 12.1 Å². The van der Waals surface area contributed by atoms with Crippen LogP contribution in [0, 0.1) is 0 Å². The van der Waals surface area contributed by atoms with Crippen LogP contribution in [0.5, 0.6) is 0 Å². The summed E-state index contributed by atoms with van der Waals surface area (Å²) in [6.45, 7) is 6.81. The number of nitrogens with one attached hydrogen (secondary N) is 1.